The van der Waals surface area contributed by atoms with E-state index in [9.17, 15) is 4.79 Å². The summed E-state index contributed by atoms with van der Waals surface area (Å²) in [6.45, 7) is 1.95. The third-order valence-electron chi connectivity index (χ3n) is 5.68. The van der Waals surface area contributed by atoms with Crippen molar-refractivity contribution in [2.24, 2.45) is 5.41 Å². The molecule has 6 heteroatoms. The van der Waals surface area contributed by atoms with Gasteiger partial charge in [0.1, 0.15) is 0 Å². The Balaban J connectivity index is 1.29. The molecule has 1 aromatic heterocycles. The highest BCUT2D eigenvalue weighted by atomic mass is 16.4. The van der Waals surface area contributed by atoms with Gasteiger partial charge in [-0.1, -0.05) is 36.1 Å². The highest BCUT2D eigenvalue weighted by molar-refractivity contribution is 5.80. The molecule has 25 heavy (non-hydrogen) atoms. The molecule has 1 saturated heterocycles. The fraction of sp³-hybridized carbons (Fsp3) is 0.526. The molecule has 1 aliphatic heterocycles. The number of hydrogen-bond donors (Lipinski definition) is 1. The lowest BCUT2D eigenvalue weighted by Crippen LogP contribution is -2.44. The average Bonchev–Trinajstić information content (AvgIpc) is 3.31. The SMILES string of the molecule is O=C(CNc1nnc(-c2ccccc2)o1)N1CCC2(CCCC2)CC1. The van der Waals surface area contributed by atoms with Crippen LogP contribution in [0.2, 0.25) is 0 Å². The quantitative estimate of drug-likeness (QED) is 0.924. The third kappa shape index (κ3) is 3.52. The smallest absolute Gasteiger partial charge is 0.316 e. The van der Waals surface area contributed by atoms with Crippen LogP contribution in [-0.2, 0) is 4.79 Å². The highest BCUT2D eigenvalue weighted by Gasteiger charge is 2.37. The van der Waals surface area contributed by atoms with E-state index in [1.54, 1.807) is 0 Å². The average molecular weight is 340 g/mol. The number of amides is 1. The van der Waals surface area contributed by atoms with Gasteiger partial charge in [-0.05, 0) is 43.2 Å². The lowest BCUT2D eigenvalue weighted by atomic mass is 9.77. The van der Waals surface area contributed by atoms with E-state index >= 15 is 0 Å². The van der Waals surface area contributed by atoms with Crippen LogP contribution in [0.4, 0.5) is 6.01 Å². The predicted molar refractivity (Wildman–Crippen MR) is 94.9 cm³/mol. The molecule has 2 fully saturated rings. The van der Waals surface area contributed by atoms with Crippen molar-refractivity contribution in [3.63, 3.8) is 0 Å². The van der Waals surface area contributed by atoms with Gasteiger partial charge in [0.15, 0.2) is 0 Å². The van der Waals surface area contributed by atoms with E-state index in [-0.39, 0.29) is 18.5 Å². The minimum absolute atomic E-state index is 0.104. The van der Waals surface area contributed by atoms with Gasteiger partial charge in [0.2, 0.25) is 11.8 Å². The minimum Gasteiger partial charge on any atom is -0.403 e. The number of nitrogens with zero attached hydrogens (tertiary/aromatic N) is 3. The first-order chi connectivity index (χ1) is 12.2. The number of carbonyl (C=O) groups excluding carboxylic acids is 1. The zero-order valence-electron chi connectivity index (χ0n) is 14.4. The van der Waals surface area contributed by atoms with Gasteiger partial charge in [-0.2, -0.15) is 0 Å². The lowest BCUT2D eigenvalue weighted by Gasteiger charge is -2.39. The van der Waals surface area contributed by atoms with Gasteiger partial charge < -0.3 is 14.6 Å². The topological polar surface area (TPSA) is 71.3 Å². The van der Waals surface area contributed by atoms with Gasteiger partial charge in [-0.3, -0.25) is 4.79 Å². The molecular formula is C19H24N4O2. The lowest BCUT2D eigenvalue weighted by molar-refractivity contribution is -0.131. The summed E-state index contributed by atoms with van der Waals surface area (Å²) in [5.74, 6) is 0.559. The zero-order valence-corrected chi connectivity index (χ0v) is 14.4. The first-order valence-electron chi connectivity index (χ1n) is 9.15. The molecule has 0 bridgehead atoms. The van der Waals surface area contributed by atoms with E-state index in [1.807, 2.05) is 35.2 Å². The van der Waals surface area contributed by atoms with Crippen LogP contribution in [0.1, 0.15) is 38.5 Å². The molecule has 1 N–H and O–H groups in total. The monoisotopic (exact) mass is 340 g/mol. The van der Waals surface area contributed by atoms with Gasteiger partial charge in [-0.15, -0.1) is 5.10 Å². The number of hydrogen-bond acceptors (Lipinski definition) is 5. The summed E-state index contributed by atoms with van der Waals surface area (Å²) >= 11 is 0. The summed E-state index contributed by atoms with van der Waals surface area (Å²) in [6.07, 6.45) is 7.71. The summed E-state index contributed by atoms with van der Waals surface area (Å²) in [6, 6.07) is 9.89. The number of anilines is 1. The Bertz CT molecular complexity index is 712. The largest absolute Gasteiger partial charge is 0.403 e. The molecule has 0 atom stereocenters. The Kier molecular flexibility index (Phi) is 4.42. The van der Waals surface area contributed by atoms with Gasteiger partial charge in [0.25, 0.3) is 0 Å². The van der Waals surface area contributed by atoms with Gasteiger partial charge >= 0.3 is 6.01 Å². The molecule has 1 amide bonds. The van der Waals surface area contributed by atoms with E-state index in [0.717, 1.165) is 31.5 Å². The van der Waals surface area contributed by atoms with Crippen LogP contribution in [0.5, 0.6) is 0 Å². The molecule has 1 saturated carbocycles. The first-order valence-corrected chi connectivity index (χ1v) is 9.15. The van der Waals surface area contributed by atoms with Gasteiger partial charge in [0.05, 0.1) is 6.54 Å². The van der Waals surface area contributed by atoms with Crippen molar-refractivity contribution in [3.05, 3.63) is 30.3 Å². The van der Waals surface area contributed by atoms with Crippen LogP contribution >= 0.6 is 0 Å². The Morgan fingerprint density at radius 2 is 1.80 bits per heavy atom. The van der Waals surface area contributed by atoms with Crippen LogP contribution in [0.25, 0.3) is 11.5 Å². The van der Waals surface area contributed by atoms with Crippen molar-refractivity contribution < 1.29 is 9.21 Å². The molecule has 2 aliphatic rings. The maximum absolute atomic E-state index is 12.4. The predicted octanol–water partition coefficient (Wildman–Crippen LogP) is 3.33. The molecule has 0 unspecified atom stereocenters. The normalized spacial score (nSPS) is 19.3. The van der Waals surface area contributed by atoms with E-state index < -0.39 is 0 Å². The maximum atomic E-state index is 12.4. The van der Waals surface area contributed by atoms with Crippen molar-refractivity contribution in [1.82, 2.24) is 15.1 Å². The maximum Gasteiger partial charge on any atom is 0.316 e. The fourth-order valence-corrected chi connectivity index (χ4v) is 4.11. The second-order valence-electron chi connectivity index (χ2n) is 7.22. The Morgan fingerprint density at radius 1 is 1.08 bits per heavy atom. The van der Waals surface area contributed by atoms with Crippen molar-refractivity contribution in [3.8, 4) is 11.5 Å². The van der Waals surface area contributed by atoms with Crippen molar-refractivity contribution in [2.75, 3.05) is 25.0 Å². The molecule has 2 aromatic rings. The zero-order chi connectivity index (χ0) is 17.1. The number of likely N-dealkylation sites (tertiary alicyclic amines) is 1. The molecule has 1 aromatic carbocycles. The number of nitrogens with one attached hydrogen (secondary N) is 1. The summed E-state index contributed by atoms with van der Waals surface area (Å²) in [5.41, 5.74) is 1.40. The van der Waals surface area contributed by atoms with Crippen molar-refractivity contribution >= 4 is 11.9 Å². The second kappa shape index (κ2) is 6.86. The highest BCUT2D eigenvalue weighted by Crippen LogP contribution is 2.46. The second-order valence-corrected chi connectivity index (χ2v) is 7.22. The summed E-state index contributed by atoms with van der Waals surface area (Å²) in [5, 5.41) is 11.0. The summed E-state index contributed by atoms with van der Waals surface area (Å²) < 4.78 is 5.58. The number of benzene rings is 1. The molecule has 132 valence electrons. The first kappa shape index (κ1) is 16.1. The number of carbonyl (C=O) groups is 1. The molecule has 4 rings (SSSR count). The van der Waals surface area contributed by atoms with E-state index in [4.69, 9.17) is 4.42 Å². The van der Waals surface area contributed by atoms with Gasteiger partial charge in [-0.25, -0.2) is 0 Å². The standard InChI is InChI=1S/C19H24N4O2/c24-16(23-12-10-19(11-13-23)8-4-5-9-19)14-20-18-22-21-17(25-18)15-6-2-1-3-7-15/h1-3,6-7H,4-5,8-14H2,(H,20,22). The summed E-state index contributed by atoms with van der Waals surface area (Å²) in [7, 11) is 0. The molecule has 6 nitrogen and oxygen atoms in total. The van der Waals surface area contributed by atoms with Crippen LogP contribution in [0.15, 0.2) is 34.7 Å². The van der Waals surface area contributed by atoms with Crippen molar-refractivity contribution in [1.29, 1.82) is 0 Å². The molecule has 1 spiro atoms. The molecular weight excluding hydrogens is 316 g/mol. The number of piperidine rings is 1. The van der Waals surface area contributed by atoms with Gasteiger partial charge in [0, 0.05) is 18.7 Å². The summed E-state index contributed by atoms with van der Waals surface area (Å²) in [4.78, 5) is 14.4. The third-order valence-corrected chi connectivity index (χ3v) is 5.68. The van der Waals surface area contributed by atoms with Crippen LogP contribution in [0, 0.1) is 5.41 Å². The van der Waals surface area contributed by atoms with Crippen LogP contribution in [-0.4, -0.2) is 40.6 Å². The van der Waals surface area contributed by atoms with E-state index in [2.05, 4.69) is 15.5 Å². The van der Waals surface area contributed by atoms with Crippen molar-refractivity contribution in [2.45, 2.75) is 38.5 Å². The molecule has 0 radical (unpaired) electrons. The van der Waals surface area contributed by atoms with Crippen LogP contribution < -0.4 is 5.32 Å². The number of rotatable bonds is 4. The fourth-order valence-electron chi connectivity index (χ4n) is 4.11. The van der Waals surface area contributed by atoms with E-state index in [0.29, 0.717) is 11.3 Å². The van der Waals surface area contributed by atoms with E-state index in [1.165, 1.54) is 25.7 Å². The Hall–Kier alpha value is -2.37. The minimum atomic E-state index is 0.104. The van der Waals surface area contributed by atoms with Crippen LogP contribution in [0.3, 0.4) is 0 Å². The Morgan fingerprint density at radius 3 is 2.52 bits per heavy atom. The number of aromatic nitrogens is 2. The Labute approximate surface area is 147 Å². The molecule has 2 heterocycles. The molecule has 1 aliphatic carbocycles.